The zero-order valence-electron chi connectivity index (χ0n) is 7.83. The van der Waals surface area contributed by atoms with Crippen LogP contribution in [0.25, 0.3) is 0 Å². The molecule has 0 aromatic heterocycles. The third-order valence-electron chi connectivity index (χ3n) is 2.28. The second kappa shape index (κ2) is 4.47. The summed E-state index contributed by atoms with van der Waals surface area (Å²) in [5.41, 5.74) is 5.12. The first-order valence-electron chi connectivity index (χ1n) is 3.96. The number of aliphatic carboxylic acids is 1. The number of hydrogen-bond donors (Lipinski definition) is 2. The van der Waals surface area contributed by atoms with E-state index in [1.165, 1.54) is 0 Å². The Bertz CT molecular complexity index is 163. The first kappa shape index (κ1) is 11.5. The molecule has 0 aromatic rings. The molecule has 0 rings (SSSR count). The van der Waals surface area contributed by atoms with Crippen molar-refractivity contribution in [3.05, 3.63) is 0 Å². The van der Waals surface area contributed by atoms with Crippen LogP contribution in [0.3, 0.4) is 0 Å². The summed E-state index contributed by atoms with van der Waals surface area (Å²) in [4.78, 5) is 10.8. The summed E-state index contributed by atoms with van der Waals surface area (Å²) < 4.78 is 4.92. The standard InChI is InChI=1S/C7H16BNO3/c1-5(2)7(3,6(10)11)8-12-4-9/h5,8H,4,9H2,1-3H3,(H,10,11)/t7-/m0/s1. The molecule has 5 heteroatoms. The molecular formula is C7H16BNO3. The maximum Gasteiger partial charge on any atom is 0.304 e. The Morgan fingerprint density at radius 2 is 2.25 bits per heavy atom. The molecule has 70 valence electrons. The Morgan fingerprint density at radius 1 is 1.75 bits per heavy atom. The van der Waals surface area contributed by atoms with Crippen LogP contribution in [0.4, 0.5) is 0 Å². The van der Waals surface area contributed by atoms with Gasteiger partial charge in [-0.25, -0.2) is 0 Å². The van der Waals surface area contributed by atoms with E-state index in [9.17, 15) is 4.79 Å². The van der Waals surface area contributed by atoms with Crippen LogP contribution in [0.1, 0.15) is 20.8 Å². The predicted molar refractivity (Wildman–Crippen MR) is 48.1 cm³/mol. The fraction of sp³-hybridized carbons (Fsp3) is 0.857. The van der Waals surface area contributed by atoms with Crippen LogP contribution in [0.2, 0.25) is 5.31 Å². The average molecular weight is 173 g/mol. The largest absolute Gasteiger partial charge is 0.481 e. The molecule has 0 amide bonds. The molecule has 1 atom stereocenters. The van der Waals surface area contributed by atoms with E-state index in [-0.39, 0.29) is 20.1 Å². The van der Waals surface area contributed by atoms with Crippen LogP contribution in [0, 0.1) is 5.92 Å². The van der Waals surface area contributed by atoms with Gasteiger partial charge < -0.3 is 15.5 Å². The summed E-state index contributed by atoms with van der Waals surface area (Å²) in [6, 6.07) is 0. The van der Waals surface area contributed by atoms with Gasteiger partial charge in [0, 0.05) is 0 Å². The van der Waals surface area contributed by atoms with Gasteiger partial charge in [-0.05, 0) is 5.92 Å². The highest BCUT2D eigenvalue weighted by molar-refractivity contribution is 6.40. The molecule has 0 spiro atoms. The van der Waals surface area contributed by atoms with Crippen LogP contribution in [-0.4, -0.2) is 25.3 Å². The third kappa shape index (κ3) is 2.50. The van der Waals surface area contributed by atoms with E-state index in [1.807, 2.05) is 13.8 Å². The summed E-state index contributed by atoms with van der Waals surface area (Å²) in [6.07, 6.45) is 0. The Morgan fingerprint density at radius 3 is 2.50 bits per heavy atom. The first-order valence-corrected chi connectivity index (χ1v) is 3.96. The molecule has 0 aliphatic rings. The number of nitrogens with two attached hydrogens (primary N) is 1. The van der Waals surface area contributed by atoms with E-state index in [4.69, 9.17) is 15.5 Å². The number of rotatable bonds is 5. The summed E-state index contributed by atoms with van der Waals surface area (Å²) in [5.74, 6) is -0.812. The van der Waals surface area contributed by atoms with Crippen LogP contribution in [0.15, 0.2) is 0 Å². The predicted octanol–water partition coefficient (Wildman–Crippen LogP) is 0.190. The molecule has 0 saturated carbocycles. The zero-order chi connectivity index (χ0) is 9.78. The van der Waals surface area contributed by atoms with Crippen molar-refractivity contribution in [1.82, 2.24) is 0 Å². The van der Waals surface area contributed by atoms with E-state index in [1.54, 1.807) is 6.92 Å². The van der Waals surface area contributed by atoms with Crippen molar-refractivity contribution in [3.8, 4) is 0 Å². The van der Waals surface area contributed by atoms with Crippen molar-refractivity contribution < 1.29 is 14.6 Å². The summed E-state index contributed by atoms with van der Waals surface area (Å²) in [5, 5.41) is 8.07. The SMILES string of the molecule is CC(C)[C@](C)(BOCN)C(=O)O. The minimum Gasteiger partial charge on any atom is -0.481 e. The van der Waals surface area contributed by atoms with E-state index >= 15 is 0 Å². The third-order valence-corrected chi connectivity index (χ3v) is 2.28. The van der Waals surface area contributed by atoms with Gasteiger partial charge in [-0.2, -0.15) is 0 Å². The molecule has 0 aliphatic carbocycles. The van der Waals surface area contributed by atoms with E-state index < -0.39 is 11.3 Å². The number of carboxylic acid groups (broad SMARTS) is 1. The highest BCUT2D eigenvalue weighted by Crippen LogP contribution is 2.33. The second-order valence-electron chi connectivity index (χ2n) is 3.39. The number of hydrogen-bond acceptors (Lipinski definition) is 3. The second-order valence-corrected chi connectivity index (χ2v) is 3.39. The molecule has 0 unspecified atom stereocenters. The Kier molecular flexibility index (Phi) is 4.27. The molecule has 4 nitrogen and oxygen atoms in total. The van der Waals surface area contributed by atoms with Crippen molar-refractivity contribution in [1.29, 1.82) is 0 Å². The summed E-state index contributed by atoms with van der Waals surface area (Å²) in [6.45, 7) is 5.44. The molecule has 0 bridgehead atoms. The molecule has 0 aliphatic heterocycles. The van der Waals surface area contributed by atoms with Gasteiger partial charge in [-0.15, -0.1) is 0 Å². The monoisotopic (exact) mass is 173 g/mol. The zero-order valence-corrected chi connectivity index (χ0v) is 7.83. The quantitative estimate of drug-likeness (QED) is 0.459. The highest BCUT2D eigenvalue weighted by atomic mass is 16.4. The molecule has 0 fully saturated rings. The van der Waals surface area contributed by atoms with Gasteiger partial charge in [-0.3, -0.25) is 4.79 Å². The molecule has 3 N–H and O–H groups in total. The van der Waals surface area contributed by atoms with Gasteiger partial charge in [0.15, 0.2) is 0 Å². The lowest BCUT2D eigenvalue weighted by atomic mass is 9.58. The fourth-order valence-corrected chi connectivity index (χ4v) is 0.746. The van der Waals surface area contributed by atoms with Crippen molar-refractivity contribution >= 4 is 13.5 Å². The van der Waals surface area contributed by atoms with Crippen LogP contribution in [-0.2, 0) is 9.45 Å². The van der Waals surface area contributed by atoms with Crippen molar-refractivity contribution in [2.75, 3.05) is 6.73 Å². The molecule has 0 radical (unpaired) electrons. The lowest BCUT2D eigenvalue weighted by Gasteiger charge is -2.26. The molecule has 0 saturated heterocycles. The smallest absolute Gasteiger partial charge is 0.304 e. The minimum absolute atomic E-state index is 0.0292. The van der Waals surface area contributed by atoms with Gasteiger partial charge in [0.2, 0.25) is 0 Å². The highest BCUT2D eigenvalue weighted by Gasteiger charge is 2.38. The van der Waals surface area contributed by atoms with Gasteiger partial charge in [0.1, 0.15) is 0 Å². The van der Waals surface area contributed by atoms with Gasteiger partial charge in [0.05, 0.1) is 12.0 Å². The van der Waals surface area contributed by atoms with E-state index in [0.29, 0.717) is 0 Å². The Hall–Kier alpha value is -0.545. The van der Waals surface area contributed by atoms with Gasteiger partial charge in [-0.1, -0.05) is 20.8 Å². The van der Waals surface area contributed by atoms with Crippen LogP contribution >= 0.6 is 0 Å². The lowest BCUT2D eigenvalue weighted by molar-refractivity contribution is -0.141. The Labute approximate surface area is 73.4 Å². The summed E-state index contributed by atoms with van der Waals surface area (Å²) in [7, 11) is 0.163. The molecular weight excluding hydrogens is 157 g/mol. The van der Waals surface area contributed by atoms with Crippen LogP contribution in [0.5, 0.6) is 0 Å². The topological polar surface area (TPSA) is 72.5 Å². The minimum atomic E-state index is -0.842. The van der Waals surface area contributed by atoms with Gasteiger partial charge in [0.25, 0.3) is 7.48 Å². The van der Waals surface area contributed by atoms with Crippen molar-refractivity contribution in [3.63, 3.8) is 0 Å². The average Bonchev–Trinajstić information content (AvgIpc) is 1.99. The lowest BCUT2D eigenvalue weighted by Crippen LogP contribution is -2.34. The van der Waals surface area contributed by atoms with Crippen LogP contribution < -0.4 is 5.73 Å². The van der Waals surface area contributed by atoms with E-state index in [2.05, 4.69) is 0 Å². The molecule has 12 heavy (non-hydrogen) atoms. The normalized spacial score (nSPS) is 15.8. The number of carbonyl (C=O) groups is 1. The maximum absolute atomic E-state index is 10.8. The Balaban J connectivity index is 4.29. The first-order chi connectivity index (χ1) is 5.45. The maximum atomic E-state index is 10.8. The summed E-state index contributed by atoms with van der Waals surface area (Å²) >= 11 is 0. The number of carboxylic acids is 1. The van der Waals surface area contributed by atoms with Gasteiger partial charge >= 0.3 is 5.97 Å². The molecule has 0 aromatic carbocycles. The van der Waals surface area contributed by atoms with Crippen molar-refractivity contribution in [2.45, 2.75) is 26.1 Å². The fourth-order valence-electron chi connectivity index (χ4n) is 0.746. The molecule has 0 heterocycles. The van der Waals surface area contributed by atoms with E-state index in [0.717, 1.165) is 0 Å². The van der Waals surface area contributed by atoms with Crippen molar-refractivity contribution in [2.24, 2.45) is 11.7 Å².